The second-order valence-electron chi connectivity index (χ2n) is 4.39. The van der Waals surface area contributed by atoms with Gasteiger partial charge in [-0.2, -0.15) is 0 Å². The molecule has 21 heavy (non-hydrogen) atoms. The van der Waals surface area contributed by atoms with Gasteiger partial charge < -0.3 is 14.4 Å². The highest BCUT2D eigenvalue weighted by molar-refractivity contribution is 5.85. The fraction of sp³-hybridized carbons (Fsp3) is 0.375. The van der Waals surface area contributed by atoms with Gasteiger partial charge in [-0.05, 0) is 26.0 Å². The van der Waals surface area contributed by atoms with Gasteiger partial charge in [0.1, 0.15) is 12.3 Å². The monoisotopic (exact) mass is 291 g/mol. The molecule has 0 saturated heterocycles. The number of ether oxygens (including phenoxy) is 2. The number of carbonyl (C=O) groups excluding carboxylic acids is 2. The minimum absolute atomic E-state index is 0.110. The molecule has 0 N–H and O–H groups in total. The van der Waals surface area contributed by atoms with Crippen molar-refractivity contribution in [3.05, 3.63) is 43.0 Å². The van der Waals surface area contributed by atoms with Crippen molar-refractivity contribution in [1.29, 1.82) is 0 Å². The molecule has 0 aliphatic carbocycles. The maximum Gasteiger partial charge on any atom is 0.325 e. The molecule has 0 aromatic heterocycles. The third-order valence-electron chi connectivity index (χ3n) is 2.69. The SMILES string of the molecule is C=CCN(CC(=O)OCC)C(=O)C(C)Oc1ccccc1. The predicted molar refractivity (Wildman–Crippen MR) is 79.9 cm³/mol. The Kier molecular flexibility index (Phi) is 7.01. The van der Waals surface area contributed by atoms with Crippen molar-refractivity contribution in [2.24, 2.45) is 0 Å². The number of hydrogen-bond acceptors (Lipinski definition) is 4. The Morgan fingerprint density at radius 2 is 2.00 bits per heavy atom. The second kappa shape index (κ2) is 8.79. The summed E-state index contributed by atoms with van der Waals surface area (Å²) in [6, 6.07) is 9.06. The quantitative estimate of drug-likeness (QED) is 0.543. The van der Waals surface area contributed by atoms with Gasteiger partial charge >= 0.3 is 5.97 Å². The first-order valence-corrected chi connectivity index (χ1v) is 6.85. The zero-order valence-electron chi connectivity index (χ0n) is 12.5. The summed E-state index contributed by atoms with van der Waals surface area (Å²) in [4.78, 5) is 25.2. The number of amides is 1. The van der Waals surface area contributed by atoms with Gasteiger partial charge in [0.05, 0.1) is 6.61 Å². The van der Waals surface area contributed by atoms with Crippen LogP contribution >= 0.6 is 0 Å². The van der Waals surface area contributed by atoms with Crippen molar-refractivity contribution in [3.63, 3.8) is 0 Å². The lowest BCUT2D eigenvalue weighted by Crippen LogP contribution is -2.43. The molecule has 0 fully saturated rings. The molecule has 1 amide bonds. The summed E-state index contributed by atoms with van der Waals surface area (Å²) in [6.07, 6.45) is 0.869. The minimum atomic E-state index is -0.693. The molecule has 0 heterocycles. The highest BCUT2D eigenvalue weighted by Crippen LogP contribution is 2.12. The van der Waals surface area contributed by atoms with Gasteiger partial charge in [-0.1, -0.05) is 24.3 Å². The highest BCUT2D eigenvalue weighted by Gasteiger charge is 2.23. The molecular weight excluding hydrogens is 270 g/mol. The standard InChI is InChI=1S/C16H21NO4/c1-4-11-17(12-15(18)20-5-2)16(19)13(3)21-14-9-7-6-8-10-14/h4,6-10,13H,1,5,11-12H2,2-3H3. The molecule has 1 aromatic carbocycles. The largest absolute Gasteiger partial charge is 0.481 e. The van der Waals surface area contributed by atoms with Crippen LogP contribution < -0.4 is 4.74 Å². The van der Waals surface area contributed by atoms with Crippen LogP contribution in [0, 0.1) is 0 Å². The molecule has 114 valence electrons. The molecule has 0 aliphatic rings. The fourth-order valence-corrected chi connectivity index (χ4v) is 1.76. The van der Waals surface area contributed by atoms with Crippen LogP contribution in [-0.2, 0) is 14.3 Å². The third kappa shape index (κ3) is 5.69. The highest BCUT2D eigenvalue weighted by atomic mass is 16.5. The maximum absolute atomic E-state index is 12.3. The van der Waals surface area contributed by atoms with Crippen molar-refractivity contribution in [2.45, 2.75) is 20.0 Å². The lowest BCUT2D eigenvalue weighted by Gasteiger charge is -2.24. The van der Waals surface area contributed by atoms with E-state index in [1.54, 1.807) is 32.1 Å². The molecule has 1 unspecified atom stereocenters. The first-order valence-electron chi connectivity index (χ1n) is 6.85. The van der Waals surface area contributed by atoms with Gasteiger partial charge in [-0.15, -0.1) is 6.58 Å². The Labute approximate surface area is 125 Å². The maximum atomic E-state index is 12.3. The van der Waals surface area contributed by atoms with Gasteiger partial charge in [-0.25, -0.2) is 0 Å². The Balaban J connectivity index is 2.66. The van der Waals surface area contributed by atoms with E-state index in [1.807, 2.05) is 18.2 Å². The topological polar surface area (TPSA) is 55.8 Å². The summed E-state index contributed by atoms with van der Waals surface area (Å²) in [7, 11) is 0. The van der Waals surface area contributed by atoms with Crippen LogP contribution in [0.15, 0.2) is 43.0 Å². The Morgan fingerprint density at radius 1 is 1.33 bits per heavy atom. The van der Waals surface area contributed by atoms with E-state index in [-0.39, 0.29) is 25.6 Å². The zero-order chi connectivity index (χ0) is 15.7. The molecule has 0 radical (unpaired) electrons. The number of nitrogens with zero attached hydrogens (tertiary/aromatic N) is 1. The van der Waals surface area contributed by atoms with E-state index < -0.39 is 12.1 Å². The van der Waals surface area contributed by atoms with E-state index >= 15 is 0 Å². The van der Waals surface area contributed by atoms with Crippen LogP contribution in [0.2, 0.25) is 0 Å². The Morgan fingerprint density at radius 3 is 2.57 bits per heavy atom. The molecule has 5 nitrogen and oxygen atoms in total. The smallest absolute Gasteiger partial charge is 0.325 e. The normalized spacial score (nSPS) is 11.3. The van der Waals surface area contributed by atoms with Crippen molar-refractivity contribution < 1.29 is 19.1 Å². The van der Waals surface area contributed by atoms with Crippen molar-refractivity contribution in [3.8, 4) is 5.75 Å². The van der Waals surface area contributed by atoms with Gasteiger partial charge in [0.25, 0.3) is 5.91 Å². The first kappa shape index (κ1) is 16.8. The third-order valence-corrected chi connectivity index (χ3v) is 2.69. The van der Waals surface area contributed by atoms with Crippen LogP contribution in [0.3, 0.4) is 0 Å². The van der Waals surface area contributed by atoms with Crippen LogP contribution in [0.4, 0.5) is 0 Å². The summed E-state index contributed by atoms with van der Waals surface area (Å²) < 4.78 is 10.4. The lowest BCUT2D eigenvalue weighted by atomic mass is 10.3. The molecule has 0 saturated carbocycles. The zero-order valence-corrected chi connectivity index (χ0v) is 12.5. The lowest BCUT2D eigenvalue weighted by molar-refractivity contribution is -0.150. The molecular formula is C16H21NO4. The number of esters is 1. The average molecular weight is 291 g/mol. The summed E-state index contributed by atoms with van der Waals surface area (Å²) in [5.41, 5.74) is 0. The molecule has 5 heteroatoms. The van der Waals surface area contributed by atoms with E-state index in [2.05, 4.69) is 6.58 Å². The summed E-state index contributed by atoms with van der Waals surface area (Å²) in [6.45, 7) is 7.40. The van der Waals surface area contributed by atoms with E-state index in [0.717, 1.165) is 0 Å². The van der Waals surface area contributed by atoms with Gasteiger partial charge in [0.15, 0.2) is 6.10 Å². The summed E-state index contributed by atoms with van der Waals surface area (Å²) in [5, 5.41) is 0. The molecule has 1 aromatic rings. The number of carbonyl (C=O) groups is 2. The van der Waals surface area contributed by atoms with Crippen molar-refractivity contribution in [2.75, 3.05) is 19.7 Å². The van der Waals surface area contributed by atoms with Crippen LogP contribution in [0.1, 0.15) is 13.8 Å². The summed E-state index contributed by atoms with van der Waals surface area (Å²) in [5.74, 6) is -0.126. The Hall–Kier alpha value is -2.30. The summed E-state index contributed by atoms with van der Waals surface area (Å²) >= 11 is 0. The molecule has 0 bridgehead atoms. The van der Waals surface area contributed by atoms with Crippen LogP contribution in [-0.4, -0.2) is 42.6 Å². The van der Waals surface area contributed by atoms with Crippen molar-refractivity contribution in [1.82, 2.24) is 4.90 Å². The molecule has 1 rings (SSSR count). The molecule has 1 atom stereocenters. The second-order valence-corrected chi connectivity index (χ2v) is 4.39. The van der Waals surface area contributed by atoms with E-state index in [4.69, 9.17) is 9.47 Å². The minimum Gasteiger partial charge on any atom is -0.481 e. The van der Waals surface area contributed by atoms with E-state index in [9.17, 15) is 9.59 Å². The molecule has 0 aliphatic heterocycles. The number of hydrogen-bond donors (Lipinski definition) is 0. The van der Waals surface area contributed by atoms with E-state index in [0.29, 0.717) is 5.75 Å². The first-order chi connectivity index (χ1) is 10.1. The van der Waals surface area contributed by atoms with Gasteiger partial charge in [0, 0.05) is 6.54 Å². The number of para-hydroxylation sites is 1. The fourth-order valence-electron chi connectivity index (χ4n) is 1.76. The van der Waals surface area contributed by atoms with Crippen molar-refractivity contribution >= 4 is 11.9 Å². The van der Waals surface area contributed by atoms with Crippen LogP contribution in [0.5, 0.6) is 5.75 Å². The van der Waals surface area contributed by atoms with E-state index in [1.165, 1.54) is 4.90 Å². The predicted octanol–water partition coefficient (Wildman–Crippen LogP) is 2.03. The number of rotatable bonds is 8. The van der Waals surface area contributed by atoms with Gasteiger partial charge in [0.2, 0.25) is 0 Å². The average Bonchev–Trinajstić information content (AvgIpc) is 2.47. The van der Waals surface area contributed by atoms with Crippen LogP contribution in [0.25, 0.3) is 0 Å². The Bertz CT molecular complexity index is 472. The van der Waals surface area contributed by atoms with Gasteiger partial charge in [-0.3, -0.25) is 9.59 Å². The number of benzene rings is 1. The molecule has 0 spiro atoms.